The average Bonchev–Trinajstić information content (AvgIpc) is 3.24. The van der Waals surface area contributed by atoms with E-state index >= 15 is 0 Å². The molecule has 1 fully saturated rings. The summed E-state index contributed by atoms with van der Waals surface area (Å²) in [4.78, 5) is 15.0. The quantitative estimate of drug-likeness (QED) is 0.659. The molecule has 4 rings (SSSR count). The van der Waals surface area contributed by atoms with Crippen LogP contribution in [0, 0.1) is 0 Å². The molecule has 2 heterocycles. The molecular formula is C22H23ClN4O. The Balaban J connectivity index is 1.41. The van der Waals surface area contributed by atoms with Crippen LogP contribution in [0.3, 0.4) is 0 Å². The van der Waals surface area contributed by atoms with Gasteiger partial charge in [-0.3, -0.25) is 14.8 Å². The Kier molecular flexibility index (Phi) is 5.74. The fraction of sp³-hybridized carbons (Fsp3) is 0.273. The maximum Gasteiger partial charge on any atom is 0.257 e. The number of amides is 1. The zero-order valence-corrected chi connectivity index (χ0v) is 16.3. The van der Waals surface area contributed by atoms with E-state index in [-0.39, 0.29) is 5.91 Å². The van der Waals surface area contributed by atoms with Gasteiger partial charge in [-0.05, 0) is 55.3 Å². The van der Waals surface area contributed by atoms with Crippen LogP contribution >= 0.6 is 11.6 Å². The summed E-state index contributed by atoms with van der Waals surface area (Å²) in [6.07, 6.45) is 4.18. The highest BCUT2D eigenvalue weighted by molar-refractivity contribution is 6.34. The summed E-state index contributed by atoms with van der Waals surface area (Å²) in [7, 11) is 0. The number of halogens is 1. The molecule has 2 aromatic carbocycles. The van der Waals surface area contributed by atoms with Crippen molar-refractivity contribution in [2.75, 3.05) is 18.4 Å². The summed E-state index contributed by atoms with van der Waals surface area (Å²) in [6, 6.07) is 17.2. The summed E-state index contributed by atoms with van der Waals surface area (Å²) in [5, 5.41) is 10.6. The minimum absolute atomic E-state index is 0.194. The van der Waals surface area contributed by atoms with Gasteiger partial charge >= 0.3 is 0 Å². The molecule has 1 aromatic heterocycles. The van der Waals surface area contributed by atoms with Crippen molar-refractivity contribution in [2.45, 2.75) is 25.3 Å². The number of hydrogen-bond donors (Lipinski definition) is 2. The Labute approximate surface area is 169 Å². The molecular weight excluding hydrogens is 372 g/mol. The summed E-state index contributed by atoms with van der Waals surface area (Å²) >= 11 is 6.13. The first-order chi connectivity index (χ1) is 13.7. The Morgan fingerprint density at radius 1 is 1.21 bits per heavy atom. The number of aromatic amines is 1. The molecule has 0 saturated carbocycles. The Bertz CT molecular complexity index is 941. The van der Waals surface area contributed by atoms with Gasteiger partial charge in [0.1, 0.15) is 0 Å². The first kappa shape index (κ1) is 18.7. The predicted molar refractivity (Wildman–Crippen MR) is 112 cm³/mol. The fourth-order valence-corrected chi connectivity index (χ4v) is 4.02. The third-order valence-electron chi connectivity index (χ3n) is 5.18. The van der Waals surface area contributed by atoms with Crippen molar-refractivity contribution < 1.29 is 4.79 Å². The van der Waals surface area contributed by atoms with Gasteiger partial charge < -0.3 is 5.32 Å². The number of H-pyrrole nitrogens is 1. The number of piperidine rings is 1. The van der Waals surface area contributed by atoms with Gasteiger partial charge in [-0.1, -0.05) is 35.9 Å². The van der Waals surface area contributed by atoms with Crippen LogP contribution in [0.25, 0.3) is 0 Å². The van der Waals surface area contributed by atoms with E-state index in [1.54, 1.807) is 12.1 Å². The van der Waals surface area contributed by atoms with Crippen molar-refractivity contribution >= 4 is 23.2 Å². The van der Waals surface area contributed by atoms with Crippen LogP contribution in [0.2, 0.25) is 5.02 Å². The van der Waals surface area contributed by atoms with Gasteiger partial charge in [-0.15, -0.1) is 0 Å². The molecule has 1 unspecified atom stereocenters. The molecule has 6 heteroatoms. The van der Waals surface area contributed by atoms with Gasteiger partial charge in [-0.25, -0.2) is 0 Å². The molecule has 0 radical (unpaired) electrons. The normalized spacial score (nSPS) is 17.4. The highest BCUT2D eigenvalue weighted by Gasteiger charge is 2.22. The molecule has 1 aliphatic rings. The van der Waals surface area contributed by atoms with Crippen molar-refractivity contribution in [1.82, 2.24) is 15.1 Å². The molecule has 0 aliphatic carbocycles. The highest BCUT2D eigenvalue weighted by atomic mass is 35.5. The molecule has 3 aromatic rings. The molecule has 144 valence electrons. The first-order valence-electron chi connectivity index (χ1n) is 9.55. The maximum atomic E-state index is 12.5. The van der Waals surface area contributed by atoms with E-state index in [0.717, 1.165) is 25.3 Å². The van der Waals surface area contributed by atoms with Crippen molar-refractivity contribution in [1.29, 1.82) is 0 Å². The first-order valence-corrected chi connectivity index (χ1v) is 9.93. The second kappa shape index (κ2) is 8.59. The summed E-state index contributed by atoms with van der Waals surface area (Å²) in [5.74, 6) is 0.305. The third-order valence-corrected chi connectivity index (χ3v) is 5.51. The number of carbonyl (C=O) groups is 1. The molecule has 0 bridgehead atoms. The monoisotopic (exact) mass is 394 g/mol. The number of nitrogens with zero attached hydrogens (tertiary/aromatic N) is 2. The van der Waals surface area contributed by atoms with Gasteiger partial charge in [0.05, 0.1) is 10.6 Å². The van der Waals surface area contributed by atoms with E-state index in [4.69, 9.17) is 11.6 Å². The van der Waals surface area contributed by atoms with Crippen LogP contribution in [-0.4, -0.2) is 34.1 Å². The molecule has 28 heavy (non-hydrogen) atoms. The van der Waals surface area contributed by atoms with Gasteiger partial charge in [0.25, 0.3) is 5.91 Å². The summed E-state index contributed by atoms with van der Waals surface area (Å²) in [6.45, 7) is 2.96. The lowest BCUT2D eigenvalue weighted by Crippen LogP contribution is -2.34. The van der Waals surface area contributed by atoms with E-state index in [2.05, 4.69) is 32.5 Å². The number of carbonyl (C=O) groups excluding carboxylic acids is 1. The van der Waals surface area contributed by atoms with Crippen molar-refractivity contribution in [2.24, 2.45) is 0 Å². The lowest BCUT2D eigenvalue weighted by molar-refractivity contribution is 0.102. The Hall–Kier alpha value is -2.63. The number of likely N-dealkylation sites (tertiary alicyclic amines) is 1. The molecule has 1 amide bonds. The summed E-state index contributed by atoms with van der Waals surface area (Å²) in [5.41, 5.74) is 3.66. The standard InChI is InChI=1S/C22H23ClN4O/c23-20-9-2-1-8-19(20)22(28)25-18-7-3-5-16(13-18)14-27-12-4-6-17(15-27)21-10-11-24-26-21/h1-3,5,7-11,13,17H,4,6,12,14-15H2,(H,24,26)(H,25,28). The van der Waals surface area contributed by atoms with Gasteiger partial charge in [0.15, 0.2) is 0 Å². The smallest absolute Gasteiger partial charge is 0.257 e. The van der Waals surface area contributed by atoms with E-state index in [1.807, 2.05) is 36.5 Å². The largest absolute Gasteiger partial charge is 0.322 e. The second-order valence-electron chi connectivity index (χ2n) is 7.22. The Morgan fingerprint density at radius 2 is 2.11 bits per heavy atom. The lowest BCUT2D eigenvalue weighted by Gasteiger charge is -2.32. The van der Waals surface area contributed by atoms with Crippen molar-refractivity contribution in [3.05, 3.63) is 82.6 Å². The topological polar surface area (TPSA) is 61.0 Å². The average molecular weight is 395 g/mol. The minimum Gasteiger partial charge on any atom is -0.322 e. The van der Waals surface area contributed by atoms with Crippen molar-refractivity contribution in [3.63, 3.8) is 0 Å². The molecule has 1 aliphatic heterocycles. The Morgan fingerprint density at radius 3 is 2.93 bits per heavy atom. The van der Waals surface area contributed by atoms with Crippen LogP contribution in [0.4, 0.5) is 5.69 Å². The SMILES string of the molecule is O=C(Nc1cccc(CN2CCCC(c3ccn[nH]3)C2)c1)c1ccccc1Cl. The number of anilines is 1. The third kappa shape index (κ3) is 4.43. The highest BCUT2D eigenvalue weighted by Crippen LogP contribution is 2.26. The van der Waals surface area contributed by atoms with E-state index in [1.165, 1.54) is 24.1 Å². The number of benzene rings is 2. The molecule has 5 nitrogen and oxygen atoms in total. The molecule has 2 N–H and O–H groups in total. The summed E-state index contributed by atoms with van der Waals surface area (Å²) < 4.78 is 0. The van der Waals surface area contributed by atoms with Crippen molar-refractivity contribution in [3.8, 4) is 0 Å². The maximum absolute atomic E-state index is 12.5. The fourth-order valence-electron chi connectivity index (χ4n) is 3.80. The predicted octanol–water partition coefficient (Wildman–Crippen LogP) is 4.70. The zero-order chi connectivity index (χ0) is 19.3. The van der Waals surface area contributed by atoms with E-state index in [0.29, 0.717) is 16.5 Å². The van der Waals surface area contributed by atoms with Gasteiger partial charge in [-0.2, -0.15) is 5.10 Å². The molecule has 1 atom stereocenters. The number of rotatable bonds is 5. The lowest BCUT2D eigenvalue weighted by atomic mass is 9.94. The van der Waals surface area contributed by atoms with Crippen LogP contribution in [-0.2, 0) is 6.54 Å². The number of aromatic nitrogens is 2. The van der Waals surface area contributed by atoms with Crippen LogP contribution in [0.5, 0.6) is 0 Å². The minimum atomic E-state index is -0.194. The van der Waals surface area contributed by atoms with Gasteiger partial charge in [0.2, 0.25) is 0 Å². The number of nitrogens with one attached hydrogen (secondary N) is 2. The van der Waals surface area contributed by atoms with Gasteiger partial charge in [0, 0.05) is 36.6 Å². The van der Waals surface area contributed by atoms with Crippen LogP contribution in [0.15, 0.2) is 60.8 Å². The van der Waals surface area contributed by atoms with Crippen LogP contribution < -0.4 is 5.32 Å². The number of hydrogen-bond acceptors (Lipinski definition) is 3. The molecule has 1 saturated heterocycles. The second-order valence-corrected chi connectivity index (χ2v) is 7.63. The van der Waals surface area contributed by atoms with Crippen LogP contribution in [0.1, 0.15) is 40.4 Å². The zero-order valence-electron chi connectivity index (χ0n) is 15.6. The van der Waals surface area contributed by atoms with E-state index < -0.39 is 0 Å². The van der Waals surface area contributed by atoms with E-state index in [9.17, 15) is 4.79 Å². The molecule has 0 spiro atoms.